The highest BCUT2D eigenvalue weighted by Crippen LogP contribution is 2.21. The van der Waals surface area contributed by atoms with Gasteiger partial charge in [0.05, 0.1) is 0 Å². The van der Waals surface area contributed by atoms with Crippen LogP contribution in [0.4, 0.5) is 5.95 Å². The predicted octanol–water partition coefficient (Wildman–Crippen LogP) is 0.932. The number of sulfonamides is 1. The molecule has 0 unspecified atom stereocenters. The van der Waals surface area contributed by atoms with Crippen LogP contribution in [0.25, 0.3) is 0 Å². The van der Waals surface area contributed by atoms with Gasteiger partial charge in [-0.05, 0) is 20.1 Å². The Labute approximate surface area is 108 Å². The highest BCUT2D eigenvalue weighted by atomic mass is 32.2. The molecule has 2 aromatic rings. The van der Waals surface area contributed by atoms with Crippen LogP contribution in [0.15, 0.2) is 14.6 Å². The Morgan fingerprint density at radius 3 is 2.61 bits per heavy atom. The molecular weight excluding hydrogens is 278 g/mol. The topological polar surface area (TPSA) is 114 Å². The second kappa shape index (κ2) is 4.61. The summed E-state index contributed by atoms with van der Waals surface area (Å²) in [7, 11) is -3.78. The second-order valence-electron chi connectivity index (χ2n) is 3.43. The number of thioether (sulfide) groups is 1. The number of anilines is 1. The van der Waals surface area contributed by atoms with Gasteiger partial charge in [0.15, 0.2) is 10.7 Å². The van der Waals surface area contributed by atoms with Crippen LogP contribution in [0.1, 0.15) is 11.5 Å². The molecule has 0 aliphatic carbocycles. The first kappa shape index (κ1) is 12.9. The van der Waals surface area contributed by atoms with Crippen LogP contribution in [0, 0.1) is 13.8 Å². The van der Waals surface area contributed by atoms with Crippen LogP contribution in [0.5, 0.6) is 0 Å². The van der Waals surface area contributed by atoms with Gasteiger partial charge in [-0.1, -0.05) is 16.9 Å². The fraction of sp³-hybridized carbons (Fsp3) is 0.375. The average Bonchev–Trinajstić information content (AvgIpc) is 2.85. The lowest BCUT2D eigenvalue weighted by molar-refractivity contribution is 0.390. The number of nitrogens with one attached hydrogen (secondary N) is 2. The highest BCUT2D eigenvalue weighted by Gasteiger charge is 2.25. The molecule has 0 aliphatic rings. The van der Waals surface area contributed by atoms with Gasteiger partial charge in [-0.2, -0.15) is 4.98 Å². The van der Waals surface area contributed by atoms with Gasteiger partial charge < -0.3 is 4.52 Å². The third-order valence-electron chi connectivity index (χ3n) is 2.12. The second-order valence-corrected chi connectivity index (χ2v) is 5.82. The van der Waals surface area contributed by atoms with Gasteiger partial charge in [0.25, 0.3) is 10.0 Å². The van der Waals surface area contributed by atoms with Crippen molar-refractivity contribution in [3.05, 3.63) is 11.5 Å². The van der Waals surface area contributed by atoms with E-state index < -0.39 is 10.0 Å². The monoisotopic (exact) mass is 289 g/mol. The summed E-state index contributed by atoms with van der Waals surface area (Å²) in [5, 5.41) is 10.3. The van der Waals surface area contributed by atoms with Crippen LogP contribution in [0.2, 0.25) is 0 Å². The van der Waals surface area contributed by atoms with Crippen LogP contribution >= 0.6 is 11.8 Å². The van der Waals surface area contributed by atoms with Gasteiger partial charge in [0.2, 0.25) is 11.1 Å². The van der Waals surface area contributed by atoms with E-state index in [0.29, 0.717) is 10.9 Å². The summed E-state index contributed by atoms with van der Waals surface area (Å²) in [6, 6.07) is 0. The minimum atomic E-state index is -3.78. The number of H-pyrrole nitrogens is 1. The number of rotatable bonds is 4. The molecule has 2 aromatic heterocycles. The van der Waals surface area contributed by atoms with Crippen molar-refractivity contribution in [1.82, 2.24) is 20.3 Å². The zero-order valence-electron chi connectivity index (χ0n) is 9.88. The summed E-state index contributed by atoms with van der Waals surface area (Å²) in [6.45, 7) is 3.08. The maximum Gasteiger partial charge on any atom is 0.269 e. The Hall–Kier alpha value is -1.55. The molecule has 2 rings (SSSR count). The smallest absolute Gasteiger partial charge is 0.269 e. The van der Waals surface area contributed by atoms with Gasteiger partial charge in [-0.15, -0.1) is 5.10 Å². The summed E-state index contributed by atoms with van der Waals surface area (Å²) in [5.74, 6) is 0.281. The summed E-state index contributed by atoms with van der Waals surface area (Å²) in [5.41, 5.74) is 0.296. The fourth-order valence-electron chi connectivity index (χ4n) is 1.42. The molecule has 0 amide bonds. The van der Waals surface area contributed by atoms with E-state index in [2.05, 4.69) is 25.1 Å². The van der Waals surface area contributed by atoms with Crippen molar-refractivity contribution >= 4 is 27.7 Å². The number of nitrogens with zero attached hydrogens (tertiary/aromatic N) is 3. The SMILES string of the molecule is CSc1n[nH]c(NS(=O)(=O)c2c(C)noc2C)n1. The molecule has 8 nitrogen and oxygen atoms in total. The van der Waals surface area contributed by atoms with E-state index in [1.54, 1.807) is 13.2 Å². The molecule has 0 fully saturated rings. The lowest BCUT2D eigenvalue weighted by Gasteiger charge is -2.03. The van der Waals surface area contributed by atoms with Gasteiger partial charge >= 0.3 is 0 Å². The third-order valence-corrected chi connectivity index (χ3v) is 4.25. The Morgan fingerprint density at radius 1 is 1.39 bits per heavy atom. The zero-order chi connectivity index (χ0) is 13.3. The minimum Gasteiger partial charge on any atom is -0.360 e. The highest BCUT2D eigenvalue weighted by molar-refractivity contribution is 7.98. The van der Waals surface area contributed by atoms with Crippen molar-refractivity contribution in [3.8, 4) is 0 Å². The first-order valence-electron chi connectivity index (χ1n) is 4.86. The zero-order valence-corrected chi connectivity index (χ0v) is 11.5. The van der Waals surface area contributed by atoms with Crippen molar-refractivity contribution < 1.29 is 12.9 Å². The van der Waals surface area contributed by atoms with Crippen molar-refractivity contribution in [1.29, 1.82) is 0 Å². The number of aryl methyl sites for hydroxylation is 2. The van der Waals surface area contributed by atoms with E-state index in [0.717, 1.165) is 0 Å². The van der Waals surface area contributed by atoms with Crippen LogP contribution < -0.4 is 4.72 Å². The first-order valence-corrected chi connectivity index (χ1v) is 7.57. The Kier molecular flexibility index (Phi) is 3.30. The van der Waals surface area contributed by atoms with Gasteiger partial charge in [-0.25, -0.2) is 18.2 Å². The summed E-state index contributed by atoms with van der Waals surface area (Å²) < 4.78 is 31.3. The van der Waals surface area contributed by atoms with Gasteiger partial charge in [-0.3, -0.25) is 0 Å². The normalized spacial score (nSPS) is 11.7. The van der Waals surface area contributed by atoms with E-state index in [1.807, 2.05) is 0 Å². The molecule has 0 bridgehead atoms. The molecular formula is C8H11N5O3S2. The minimum absolute atomic E-state index is 0.0181. The average molecular weight is 289 g/mol. The lowest BCUT2D eigenvalue weighted by atomic mass is 10.4. The van der Waals surface area contributed by atoms with Crippen LogP contribution in [0.3, 0.4) is 0 Å². The molecule has 10 heteroatoms. The fourth-order valence-corrected chi connectivity index (χ4v) is 3.03. The molecule has 0 aliphatic heterocycles. The largest absolute Gasteiger partial charge is 0.360 e. The Bertz CT molecular complexity index is 641. The van der Waals surface area contributed by atoms with E-state index in [4.69, 9.17) is 4.52 Å². The summed E-state index contributed by atoms with van der Waals surface area (Å²) in [6.07, 6.45) is 1.79. The number of hydrogen-bond donors (Lipinski definition) is 2. The van der Waals surface area contributed by atoms with Crippen molar-refractivity contribution in [2.45, 2.75) is 23.9 Å². The molecule has 0 atom stereocenters. The number of hydrogen-bond acceptors (Lipinski definition) is 7. The van der Waals surface area contributed by atoms with Crippen molar-refractivity contribution in [2.75, 3.05) is 11.0 Å². The number of aromatic nitrogens is 4. The number of aromatic amines is 1. The van der Waals surface area contributed by atoms with Crippen LogP contribution in [-0.2, 0) is 10.0 Å². The molecule has 98 valence electrons. The molecule has 0 saturated heterocycles. The van der Waals surface area contributed by atoms with Gasteiger partial charge in [0.1, 0.15) is 5.69 Å². The summed E-state index contributed by atoms with van der Waals surface area (Å²) in [4.78, 5) is 3.96. The van der Waals surface area contributed by atoms with E-state index in [1.165, 1.54) is 18.7 Å². The first-order chi connectivity index (χ1) is 8.44. The molecule has 0 aromatic carbocycles. The molecule has 0 spiro atoms. The molecule has 2 N–H and O–H groups in total. The van der Waals surface area contributed by atoms with Crippen molar-refractivity contribution in [3.63, 3.8) is 0 Å². The molecule has 18 heavy (non-hydrogen) atoms. The molecule has 2 heterocycles. The predicted molar refractivity (Wildman–Crippen MR) is 64.9 cm³/mol. The standard InChI is InChI=1S/C8H11N5O3S2/c1-4-6(5(2)16-12-4)18(14,15)13-7-9-8(17-3)11-10-7/h1-3H3,(H2,9,10,11,13). The van der Waals surface area contributed by atoms with E-state index >= 15 is 0 Å². The molecule has 0 saturated carbocycles. The van der Waals surface area contributed by atoms with E-state index in [9.17, 15) is 8.42 Å². The maximum atomic E-state index is 12.1. The summed E-state index contributed by atoms with van der Waals surface area (Å²) >= 11 is 1.30. The third kappa shape index (κ3) is 2.34. The van der Waals surface area contributed by atoms with Gasteiger partial charge in [0, 0.05) is 0 Å². The van der Waals surface area contributed by atoms with Crippen molar-refractivity contribution in [2.24, 2.45) is 0 Å². The van der Waals surface area contributed by atoms with Crippen LogP contribution in [-0.4, -0.2) is 35.0 Å². The van der Waals surface area contributed by atoms with E-state index in [-0.39, 0.29) is 16.6 Å². The quantitative estimate of drug-likeness (QED) is 0.805. The lowest BCUT2D eigenvalue weighted by Crippen LogP contribution is -2.15. The Morgan fingerprint density at radius 2 is 2.11 bits per heavy atom. The Balaban J connectivity index is 2.33. The molecule has 0 radical (unpaired) electrons. The maximum absolute atomic E-state index is 12.1.